The minimum Gasteiger partial charge on any atom is -0.406 e. The van der Waals surface area contributed by atoms with E-state index in [4.69, 9.17) is 10.2 Å². The van der Waals surface area contributed by atoms with Gasteiger partial charge in [-0.3, -0.25) is 4.98 Å². The van der Waals surface area contributed by atoms with Gasteiger partial charge in [0, 0.05) is 31.9 Å². The lowest BCUT2D eigenvalue weighted by atomic mass is 10.2. The lowest BCUT2D eigenvalue weighted by Gasteiger charge is -2.33. The van der Waals surface area contributed by atoms with E-state index in [2.05, 4.69) is 21.8 Å². The largest absolute Gasteiger partial charge is 0.417 e. The molecule has 6 heteroatoms. The van der Waals surface area contributed by atoms with E-state index in [1.807, 2.05) is 6.07 Å². The Morgan fingerprint density at radius 3 is 2.72 bits per heavy atom. The minimum atomic E-state index is -0.439. The molecule has 0 saturated carbocycles. The van der Waals surface area contributed by atoms with Gasteiger partial charge in [-0.2, -0.15) is 0 Å². The van der Waals surface area contributed by atoms with Gasteiger partial charge in [-0.1, -0.05) is 0 Å². The van der Waals surface area contributed by atoms with Crippen LogP contribution in [0.25, 0.3) is 11.1 Å². The molecule has 0 aliphatic carbocycles. The minimum absolute atomic E-state index is 0.439. The Bertz CT molecular complexity index is 623. The number of oxazole rings is 1. The summed E-state index contributed by atoms with van der Waals surface area (Å²) in [4.78, 5) is 18.4. The molecule has 0 radical (unpaired) electrons. The van der Waals surface area contributed by atoms with E-state index in [1.165, 1.54) is 0 Å². The van der Waals surface area contributed by atoms with Crippen LogP contribution >= 0.6 is 0 Å². The summed E-state index contributed by atoms with van der Waals surface area (Å²) in [6, 6.07) is 3.59. The molecule has 0 unspecified atom stereocenters. The third-order valence-corrected chi connectivity index (χ3v) is 3.37. The van der Waals surface area contributed by atoms with Crippen molar-refractivity contribution in [3.05, 3.63) is 22.7 Å². The first kappa shape index (κ1) is 11.2. The highest BCUT2D eigenvalue weighted by Crippen LogP contribution is 2.28. The first-order valence-corrected chi connectivity index (χ1v) is 5.99. The van der Waals surface area contributed by atoms with Crippen LogP contribution in [0.2, 0.25) is 0 Å². The zero-order valence-electron chi connectivity index (χ0n) is 10.3. The van der Waals surface area contributed by atoms with E-state index in [1.54, 1.807) is 6.07 Å². The van der Waals surface area contributed by atoms with Crippen LogP contribution < -0.4 is 16.4 Å². The SMILES string of the molecule is CN1CCN(c2cc(N)cc3[nH]c(=O)oc23)CC1. The lowest BCUT2D eigenvalue weighted by Crippen LogP contribution is -2.44. The maximum Gasteiger partial charge on any atom is 0.417 e. The number of nitrogen functional groups attached to an aromatic ring is 1. The lowest BCUT2D eigenvalue weighted by molar-refractivity contribution is 0.313. The normalized spacial score (nSPS) is 17.5. The first-order valence-electron chi connectivity index (χ1n) is 5.99. The molecule has 0 atom stereocenters. The van der Waals surface area contributed by atoms with Crippen molar-refractivity contribution in [3.8, 4) is 0 Å². The van der Waals surface area contributed by atoms with E-state index < -0.39 is 5.76 Å². The summed E-state index contributed by atoms with van der Waals surface area (Å²) in [5.74, 6) is -0.439. The number of aromatic nitrogens is 1. The standard InChI is InChI=1S/C12H16N4O2/c1-15-2-4-16(5-3-15)10-7-8(13)6-9-11(10)18-12(17)14-9/h6-7H,2-5,13H2,1H3,(H,14,17). The van der Waals surface area contributed by atoms with Crippen molar-refractivity contribution in [2.24, 2.45) is 0 Å². The summed E-state index contributed by atoms with van der Waals surface area (Å²) in [7, 11) is 2.10. The number of likely N-dealkylation sites (N-methyl/N-ethyl adjacent to an activating group) is 1. The molecule has 1 aromatic heterocycles. The van der Waals surface area contributed by atoms with Gasteiger partial charge in [-0.05, 0) is 19.2 Å². The monoisotopic (exact) mass is 248 g/mol. The fourth-order valence-corrected chi connectivity index (χ4v) is 2.35. The van der Waals surface area contributed by atoms with Gasteiger partial charge in [0.1, 0.15) is 0 Å². The van der Waals surface area contributed by atoms with Crippen molar-refractivity contribution in [2.45, 2.75) is 0 Å². The quantitative estimate of drug-likeness (QED) is 0.717. The molecule has 2 aromatic rings. The van der Waals surface area contributed by atoms with Gasteiger partial charge in [-0.25, -0.2) is 4.79 Å². The summed E-state index contributed by atoms with van der Waals surface area (Å²) in [5.41, 5.74) is 8.66. The van der Waals surface area contributed by atoms with Gasteiger partial charge in [0.2, 0.25) is 0 Å². The second-order valence-electron chi connectivity index (χ2n) is 4.72. The Labute approximate surface area is 104 Å². The van der Waals surface area contributed by atoms with E-state index in [9.17, 15) is 4.79 Å². The van der Waals surface area contributed by atoms with Gasteiger partial charge >= 0.3 is 5.76 Å². The Morgan fingerprint density at radius 1 is 1.28 bits per heavy atom. The summed E-state index contributed by atoms with van der Waals surface area (Å²) in [6.07, 6.45) is 0. The van der Waals surface area contributed by atoms with Crippen molar-refractivity contribution in [1.29, 1.82) is 0 Å². The highest BCUT2D eigenvalue weighted by molar-refractivity contribution is 5.90. The Kier molecular flexibility index (Phi) is 2.52. The average Bonchev–Trinajstić information content (AvgIpc) is 2.69. The average molecular weight is 248 g/mol. The Balaban J connectivity index is 2.07. The number of hydrogen-bond donors (Lipinski definition) is 2. The molecule has 0 bridgehead atoms. The van der Waals surface area contributed by atoms with Crippen molar-refractivity contribution in [2.75, 3.05) is 43.9 Å². The number of nitrogens with zero attached hydrogens (tertiary/aromatic N) is 2. The molecule has 1 fully saturated rings. The number of hydrogen-bond acceptors (Lipinski definition) is 5. The third-order valence-electron chi connectivity index (χ3n) is 3.37. The Morgan fingerprint density at radius 2 is 2.00 bits per heavy atom. The summed E-state index contributed by atoms with van der Waals surface area (Å²) in [6.45, 7) is 3.80. The van der Waals surface area contributed by atoms with Gasteiger partial charge in [0.05, 0.1) is 11.2 Å². The number of anilines is 2. The molecule has 2 heterocycles. The molecule has 1 aliphatic rings. The predicted octanol–water partition coefficient (Wildman–Crippen LogP) is 0.455. The van der Waals surface area contributed by atoms with Crippen LogP contribution in [0.3, 0.4) is 0 Å². The fourth-order valence-electron chi connectivity index (χ4n) is 2.35. The zero-order valence-corrected chi connectivity index (χ0v) is 10.3. The number of rotatable bonds is 1. The van der Waals surface area contributed by atoms with E-state index in [0.717, 1.165) is 31.9 Å². The first-order chi connectivity index (χ1) is 8.63. The van der Waals surface area contributed by atoms with Gasteiger partial charge in [0.25, 0.3) is 0 Å². The number of benzene rings is 1. The van der Waals surface area contributed by atoms with Crippen LogP contribution in [0, 0.1) is 0 Å². The van der Waals surface area contributed by atoms with Crippen molar-refractivity contribution < 1.29 is 4.42 Å². The molecule has 1 aliphatic heterocycles. The van der Waals surface area contributed by atoms with Crippen molar-refractivity contribution >= 4 is 22.5 Å². The fraction of sp³-hybridized carbons (Fsp3) is 0.417. The third kappa shape index (κ3) is 1.84. The number of fused-ring (bicyclic) bond motifs is 1. The number of nitrogens with two attached hydrogens (primary N) is 1. The molecule has 3 rings (SSSR count). The van der Waals surface area contributed by atoms with Crippen molar-refractivity contribution in [1.82, 2.24) is 9.88 Å². The number of nitrogens with one attached hydrogen (secondary N) is 1. The second-order valence-corrected chi connectivity index (χ2v) is 4.72. The van der Waals surface area contributed by atoms with Crippen LogP contribution in [0.4, 0.5) is 11.4 Å². The predicted molar refractivity (Wildman–Crippen MR) is 71.0 cm³/mol. The summed E-state index contributed by atoms with van der Waals surface area (Å²) < 4.78 is 5.21. The van der Waals surface area contributed by atoms with Crippen LogP contribution in [-0.2, 0) is 0 Å². The van der Waals surface area contributed by atoms with Gasteiger partial charge in [0.15, 0.2) is 5.58 Å². The van der Waals surface area contributed by atoms with E-state index in [0.29, 0.717) is 16.8 Å². The highest BCUT2D eigenvalue weighted by Gasteiger charge is 2.19. The molecule has 96 valence electrons. The Hall–Kier alpha value is -1.95. The molecule has 3 N–H and O–H groups in total. The summed E-state index contributed by atoms with van der Waals surface area (Å²) >= 11 is 0. The van der Waals surface area contributed by atoms with Crippen LogP contribution in [0.15, 0.2) is 21.3 Å². The topological polar surface area (TPSA) is 78.5 Å². The van der Waals surface area contributed by atoms with Crippen LogP contribution in [-0.4, -0.2) is 43.1 Å². The molecular weight excluding hydrogens is 232 g/mol. The van der Waals surface area contributed by atoms with Gasteiger partial charge in [-0.15, -0.1) is 0 Å². The van der Waals surface area contributed by atoms with E-state index in [-0.39, 0.29) is 0 Å². The number of piperazine rings is 1. The van der Waals surface area contributed by atoms with Gasteiger partial charge < -0.3 is 20.0 Å². The smallest absolute Gasteiger partial charge is 0.406 e. The van der Waals surface area contributed by atoms with Crippen LogP contribution in [0.1, 0.15) is 0 Å². The molecular formula is C12H16N4O2. The molecule has 0 amide bonds. The second kappa shape index (κ2) is 4.06. The maximum absolute atomic E-state index is 11.3. The molecule has 6 nitrogen and oxygen atoms in total. The molecule has 1 saturated heterocycles. The molecule has 1 aromatic carbocycles. The molecule has 18 heavy (non-hydrogen) atoms. The van der Waals surface area contributed by atoms with E-state index >= 15 is 0 Å². The molecule has 0 spiro atoms. The van der Waals surface area contributed by atoms with Crippen LogP contribution in [0.5, 0.6) is 0 Å². The number of aromatic amines is 1. The zero-order chi connectivity index (χ0) is 12.7. The van der Waals surface area contributed by atoms with Crippen molar-refractivity contribution in [3.63, 3.8) is 0 Å². The highest BCUT2D eigenvalue weighted by atomic mass is 16.4. The summed E-state index contributed by atoms with van der Waals surface area (Å²) in [5, 5.41) is 0. The number of H-pyrrole nitrogens is 1. The maximum atomic E-state index is 11.3.